The SMILES string of the molecule is CC(C)COCCNCc1cccc([N+](=O)[O-])c1F. The summed E-state index contributed by atoms with van der Waals surface area (Å²) in [5.74, 6) is -0.294. The van der Waals surface area contributed by atoms with E-state index in [1.54, 1.807) is 0 Å². The van der Waals surface area contributed by atoms with Crippen molar-refractivity contribution < 1.29 is 14.1 Å². The molecular weight excluding hydrogens is 251 g/mol. The number of halogens is 1. The van der Waals surface area contributed by atoms with Crippen molar-refractivity contribution in [1.29, 1.82) is 0 Å². The second-order valence-corrected chi connectivity index (χ2v) is 4.65. The van der Waals surface area contributed by atoms with E-state index >= 15 is 0 Å². The molecule has 1 aromatic carbocycles. The summed E-state index contributed by atoms with van der Waals surface area (Å²) < 4.78 is 19.1. The van der Waals surface area contributed by atoms with Crippen molar-refractivity contribution in [2.75, 3.05) is 19.8 Å². The van der Waals surface area contributed by atoms with Crippen molar-refractivity contribution in [3.63, 3.8) is 0 Å². The Morgan fingerprint density at radius 2 is 2.21 bits per heavy atom. The van der Waals surface area contributed by atoms with Gasteiger partial charge in [0.25, 0.3) is 0 Å². The van der Waals surface area contributed by atoms with E-state index in [-0.39, 0.29) is 12.1 Å². The molecule has 5 nitrogen and oxygen atoms in total. The number of nitro benzene ring substituents is 1. The maximum atomic E-state index is 13.7. The predicted octanol–water partition coefficient (Wildman–Crippen LogP) is 2.50. The minimum Gasteiger partial charge on any atom is -0.380 e. The van der Waals surface area contributed by atoms with Gasteiger partial charge >= 0.3 is 5.69 Å². The Balaban J connectivity index is 2.37. The van der Waals surface area contributed by atoms with Gasteiger partial charge in [-0.3, -0.25) is 10.1 Å². The highest BCUT2D eigenvalue weighted by molar-refractivity contribution is 5.36. The predicted molar refractivity (Wildman–Crippen MR) is 70.4 cm³/mol. The zero-order valence-corrected chi connectivity index (χ0v) is 11.2. The number of benzene rings is 1. The molecule has 6 heteroatoms. The van der Waals surface area contributed by atoms with Crippen LogP contribution in [0.2, 0.25) is 0 Å². The van der Waals surface area contributed by atoms with Crippen LogP contribution in [0.15, 0.2) is 18.2 Å². The molecule has 0 saturated carbocycles. The topological polar surface area (TPSA) is 64.4 Å². The molecule has 0 aromatic heterocycles. The summed E-state index contributed by atoms with van der Waals surface area (Å²) in [6, 6.07) is 4.17. The highest BCUT2D eigenvalue weighted by Gasteiger charge is 2.16. The van der Waals surface area contributed by atoms with Gasteiger partial charge in [0.05, 0.1) is 11.5 Å². The van der Waals surface area contributed by atoms with E-state index in [1.807, 2.05) is 0 Å². The van der Waals surface area contributed by atoms with E-state index < -0.39 is 16.4 Å². The Kier molecular flexibility index (Phi) is 6.38. The van der Waals surface area contributed by atoms with Crippen molar-refractivity contribution >= 4 is 5.69 Å². The fraction of sp³-hybridized carbons (Fsp3) is 0.538. The lowest BCUT2D eigenvalue weighted by Crippen LogP contribution is -2.21. The molecule has 0 amide bonds. The summed E-state index contributed by atoms with van der Waals surface area (Å²) in [6.45, 7) is 6.17. The standard InChI is InChI=1S/C13H19FN2O3/c1-10(2)9-19-7-6-15-8-11-4-3-5-12(13(11)14)16(17)18/h3-5,10,15H,6-9H2,1-2H3. The Morgan fingerprint density at radius 3 is 2.84 bits per heavy atom. The van der Waals surface area contributed by atoms with E-state index in [4.69, 9.17) is 4.74 Å². The summed E-state index contributed by atoms with van der Waals surface area (Å²) in [7, 11) is 0. The third-order valence-electron chi connectivity index (χ3n) is 2.44. The van der Waals surface area contributed by atoms with E-state index in [2.05, 4.69) is 19.2 Å². The molecule has 0 fully saturated rings. The quantitative estimate of drug-likeness (QED) is 0.448. The number of nitrogens with one attached hydrogen (secondary N) is 1. The Morgan fingerprint density at radius 1 is 1.47 bits per heavy atom. The number of hydrogen-bond donors (Lipinski definition) is 1. The van der Waals surface area contributed by atoms with Crippen molar-refractivity contribution in [2.45, 2.75) is 20.4 Å². The fourth-order valence-electron chi connectivity index (χ4n) is 1.53. The molecule has 1 rings (SSSR count). The number of hydrogen-bond acceptors (Lipinski definition) is 4. The van der Waals surface area contributed by atoms with Gasteiger partial charge in [-0.15, -0.1) is 0 Å². The molecule has 0 aliphatic carbocycles. The highest BCUT2D eigenvalue weighted by Crippen LogP contribution is 2.19. The van der Waals surface area contributed by atoms with Gasteiger partial charge in [-0.05, 0) is 5.92 Å². The van der Waals surface area contributed by atoms with Crippen LogP contribution in [0.4, 0.5) is 10.1 Å². The average Bonchev–Trinajstić information content (AvgIpc) is 2.34. The minimum atomic E-state index is -0.775. The number of ether oxygens (including phenoxy) is 1. The Labute approximate surface area is 111 Å². The maximum absolute atomic E-state index is 13.7. The molecule has 0 atom stereocenters. The molecule has 0 aliphatic heterocycles. The van der Waals surface area contributed by atoms with E-state index in [0.29, 0.717) is 25.7 Å². The monoisotopic (exact) mass is 270 g/mol. The highest BCUT2D eigenvalue weighted by atomic mass is 19.1. The van der Waals surface area contributed by atoms with Crippen LogP contribution in [-0.4, -0.2) is 24.7 Å². The van der Waals surface area contributed by atoms with Crippen LogP contribution in [0.3, 0.4) is 0 Å². The first kappa shape index (κ1) is 15.5. The first-order valence-electron chi connectivity index (χ1n) is 6.22. The second kappa shape index (κ2) is 7.81. The first-order valence-corrected chi connectivity index (χ1v) is 6.22. The average molecular weight is 270 g/mol. The van der Waals surface area contributed by atoms with Crippen LogP contribution in [0.5, 0.6) is 0 Å². The van der Waals surface area contributed by atoms with Gasteiger partial charge < -0.3 is 10.1 Å². The summed E-state index contributed by atoms with van der Waals surface area (Å²) >= 11 is 0. The van der Waals surface area contributed by atoms with Gasteiger partial charge in [0.1, 0.15) is 0 Å². The summed E-state index contributed by atoms with van der Waals surface area (Å²) in [5, 5.41) is 13.6. The van der Waals surface area contributed by atoms with Crippen LogP contribution in [-0.2, 0) is 11.3 Å². The minimum absolute atomic E-state index is 0.249. The summed E-state index contributed by atoms with van der Waals surface area (Å²) in [6.07, 6.45) is 0. The van der Waals surface area contributed by atoms with E-state index in [9.17, 15) is 14.5 Å². The molecule has 0 unspecified atom stereocenters. The van der Waals surface area contributed by atoms with Crippen LogP contribution in [0, 0.1) is 21.8 Å². The van der Waals surface area contributed by atoms with Gasteiger partial charge in [0, 0.05) is 31.3 Å². The lowest BCUT2D eigenvalue weighted by molar-refractivity contribution is -0.387. The van der Waals surface area contributed by atoms with Crippen molar-refractivity contribution in [2.24, 2.45) is 5.92 Å². The number of rotatable bonds is 8. The van der Waals surface area contributed by atoms with Gasteiger partial charge in [0.15, 0.2) is 0 Å². The number of nitro groups is 1. The van der Waals surface area contributed by atoms with Crippen molar-refractivity contribution in [1.82, 2.24) is 5.32 Å². The second-order valence-electron chi connectivity index (χ2n) is 4.65. The molecule has 19 heavy (non-hydrogen) atoms. The third-order valence-corrected chi connectivity index (χ3v) is 2.44. The first-order chi connectivity index (χ1) is 9.02. The van der Waals surface area contributed by atoms with Gasteiger partial charge in [0.2, 0.25) is 5.82 Å². The van der Waals surface area contributed by atoms with E-state index in [0.717, 1.165) is 6.07 Å². The normalized spacial score (nSPS) is 10.9. The van der Waals surface area contributed by atoms with Crippen LogP contribution in [0.1, 0.15) is 19.4 Å². The third kappa shape index (κ3) is 5.32. The molecule has 0 spiro atoms. The molecule has 0 heterocycles. The molecule has 0 saturated heterocycles. The molecule has 1 N–H and O–H groups in total. The summed E-state index contributed by atoms with van der Waals surface area (Å²) in [5.41, 5.74) is -0.201. The zero-order chi connectivity index (χ0) is 14.3. The molecule has 106 valence electrons. The maximum Gasteiger partial charge on any atom is 0.305 e. The van der Waals surface area contributed by atoms with Gasteiger partial charge in [-0.1, -0.05) is 26.0 Å². The fourth-order valence-corrected chi connectivity index (χ4v) is 1.53. The molecular formula is C13H19FN2O3. The molecule has 0 aliphatic rings. The Bertz CT molecular complexity index is 424. The molecule has 0 bridgehead atoms. The van der Waals surface area contributed by atoms with Crippen LogP contribution in [0.25, 0.3) is 0 Å². The van der Waals surface area contributed by atoms with Gasteiger partial charge in [-0.2, -0.15) is 4.39 Å². The molecule has 1 aromatic rings. The Hall–Kier alpha value is -1.53. The zero-order valence-electron chi connectivity index (χ0n) is 11.2. The lowest BCUT2D eigenvalue weighted by atomic mass is 10.2. The summed E-state index contributed by atoms with van der Waals surface area (Å²) in [4.78, 5) is 9.86. The van der Waals surface area contributed by atoms with E-state index in [1.165, 1.54) is 12.1 Å². The van der Waals surface area contributed by atoms with Crippen molar-refractivity contribution in [3.05, 3.63) is 39.7 Å². The smallest absolute Gasteiger partial charge is 0.305 e. The lowest BCUT2D eigenvalue weighted by Gasteiger charge is -2.08. The largest absolute Gasteiger partial charge is 0.380 e. The van der Waals surface area contributed by atoms with Crippen LogP contribution >= 0.6 is 0 Å². The van der Waals surface area contributed by atoms with Crippen molar-refractivity contribution in [3.8, 4) is 0 Å². The van der Waals surface area contributed by atoms with Gasteiger partial charge in [-0.25, -0.2) is 0 Å². The van der Waals surface area contributed by atoms with Crippen LogP contribution < -0.4 is 5.32 Å². The molecule has 0 radical (unpaired) electrons. The number of nitrogens with zero attached hydrogens (tertiary/aromatic N) is 1.